The lowest BCUT2D eigenvalue weighted by Gasteiger charge is -2.30. The van der Waals surface area contributed by atoms with Gasteiger partial charge in [0.25, 0.3) is 0 Å². The summed E-state index contributed by atoms with van der Waals surface area (Å²) >= 11 is 6.09. The van der Waals surface area contributed by atoms with E-state index in [1.807, 2.05) is 13.0 Å². The van der Waals surface area contributed by atoms with Gasteiger partial charge in [0, 0.05) is 5.69 Å². The van der Waals surface area contributed by atoms with Gasteiger partial charge in [-0.2, -0.15) is 0 Å². The third-order valence-corrected chi connectivity index (χ3v) is 4.10. The zero-order valence-corrected chi connectivity index (χ0v) is 11.1. The molecule has 18 heavy (non-hydrogen) atoms. The van der Waals surface area contributed by atoms with Crippen LogP contribution >= 0.6 is 11.6 Å². The number of hydrogen-bond acceptors (Lipinski definition) is 3. The highest BCUT2D eigenvalue weighted by molar-refractivity contribution is 6.33. The number of halogens is 1. The predicted molar refractivity (Wildman–Crippen MR) is 70.8 cm³/mol. The number of aliphatic hydroxyl groups excluding tert-OH is 1. The summed E-state index contributed by atoms with van der Waals surface area (Å²) in [6.45, 7) is 2.03. The fourth-order valence-electron chi connectivity index (χ4n) is 2.94. The molecule has 2 heterocycles. The van der Waals surface area contributed by atoms with Crippen molar-refractivity contribution in [2.45, 2.75) is 44.8 Å². The van der Waals surface area contributed by atoms with E-state index in [9.17, 15) is 5.11 Å². The van der Waals surface area contributed by atoms with Crippen LogP contribution in [0.15, 0.2) is 12.4 Å². The number of rotatable bonds is 1. The molecule has 1 saturated carbocycles. The summed E-state index contributed by atoms with van der Waals surface area (Å²) in [6, 6.07) is 2.11. The highest BCUT2D eigenvalue weighted by atomic mass is 35.5. The minimum atomic E-state index is -0.290. The van der Waals surface area contributed by atoms with Crippen molar-refractivity contribution in [3.05, 3.63) is 23.2 Å². The van der Waals surface area contributed by atoms with Crippen LogP contribution in [0.4, 0.5) is 0 Å². The van der Waals surface area contributed by atoms with Gasteiger partial charge >= 0.3 is 0 Å². The number of aryl methyl sites for hydroxylation is 1. The average molecular weight is 266 g/mol. The molecule has 0 amide bonds. The Morgan fingerprint density at radius 2 is 2.11 bits per heavy atom. The van der Waals surface area contributed by atoms with E-state index in [1.165, 1.54) is 6.33 Å². The van der Waals surface area contributed by atoms with Crippen LogP contribution in [0, 0.1) is 6.92 Å². The maximum atomic E-state index is 10.2. The molecule has 2 aromatic rings. The number of hydrogen-bond donors (Lipinski definition) is 1. The molecule has 1 N–H and O–H groups in total. The zero-order valence-electron chi connectivity index (χ0n) is 10.3. The zero-order chi connectivity index (χ0) is 12.7. The Kier molecular flexibility index (Phi) is 2.99. The van der Waals surface area contributed by atoms with E-state index in [4.69, 9.17) is 11.6 Å². The molecule has 0 bridgehead atoms. The van der Waals surface area contributed by atoms with Crippen LogP contribution < -0.4 is 0 Å². The van der Waals surface area contributed by atoms with Crippen molar-refractivity contribution < 1.29 is 5.11 Å². The normalized spacial score (nSPS) is 24.6. The molecule has 0 unspecified atom stereocenters. The fraction of sp³-hybridized carbons (Fsp3) is 0.538. The fourth-order valence-corrected chi connectivity index (χ4v) is 3.12. The molecule has 1 fully saturated rings. The first-order valence-electron chi connectivity index (χ1n) is 6.34. The second-order valence-corrected chi connectivity index (χ2v) is 5.33. The van der Waals surface area contributed by atoms with E-state index in [0.29, 0.717) is 5.15 Å². The molecule has 96 valence electrons. The molecule has 4 nitrogen and oxygen atoms in total. The molecule has 3 rings (SSSR count). The summed E-state index contributed by atoms with van der Waals surface area (Å²) in [5.74, 6) is 0. The van der Waals surface area contributed by atoms with Gasteiger partial charge in [0.2, 0.25) is 0 Å². The topological polar surface area (TPSA) is 50.9 Å². The van der Waals surface area contributed by atoms with E-state index in [2.05, 4.69) is 14.5 Å². The van der Waals surface area contributed by atoms with Crippen molar-refractivity contribution in [3.8, 4) is 0 Å². The highest BCUT2D eigenvalue weighted by Gasteiger charge is 2.27. The van der Waals surface area contributed by atoms with Crippen molar-refractivity contribution >= 4 is 22.6 Å². The van der Waals surface area contributed by atoms with Crippen LogP contribution in [0.25, 0.3) is 11.0 Å². The van der Waals surface area contributed by atoms with Gasteiger partial charge < -0.3 is 9.67 Å². The van der Waals surface area contributed by atoms with Gasteiger partial charge in [-0.05, 0) is 25.8 Å². The summed E-state index contributed by atoms with van der Waals surface area (Å²) in [5, 5.41) is 11.5. The molecule has 5 heteroatoms. The van der Waals surface area contributed by atoms with Crippen LogP contribution in [0.2, 0.25) is 5.15 Å². The highest BCUT2D eigenvalue weighted by Crippen LogP contribution is 2.34. The summed E-state index contributed by atoms with van der Waals surface area (Å²) in [4.78, 5) is 8.33. The average Bonchev–Trinajstić information content (AvgIpc) is 2.68. The second-order valence-electron chi connectivity index (χ2n) is 4.98. The molecule has 0 aromatic carbocycles. The molecule has 2 aromatic heterocycles. The number of nitrogens with zero attached hydrogens (tertiary/aromatic N) is 3. The predicted octanol–water partition coefficient (Wildman–Crippen LogP) is 2.87. The van der Waals surface area contributed by atoms with E-state index in [1.54, 1.807) is 0 Å². The summed E-state index contributed by atoms with van der Waals surface area (Å²) < 4.78 is 2.12. The smallest absolute Gasteiger partial charge is 0.145 e. The van der Waals surface area contributed by atoms with Gasteiger partial charge in [-0.15, -0.1) is 0 Å². The maximum Gasteiger partial charge on any atom is 0.145 e. The first-order valence-corrected chi connectivity index (χ1v) is 6.72. The monoisotopic (exact) mass is 265 g/mol. The van der Waals surface area contributed by atoms with E-state index < -0.39 is 0 Å². The van der Waals surface area contributed by atoms with Gasteiger partial charge in [0.1, 0.15) is 17.1 Å². The van der Waals surface area contributed by atoms with Crippen LogP contribution in [0.5, 0.6) is 0 Å². The Morgan fingerprint density at radius 3 is 2.89 bits per heavy atom. The third kappa shape index (κ3) is 1.80. The van der Waals surface area contributed by atoms with Crippen LogP contribution in [0.1, 0.15) is 37.4 Å². The summed E-state index contributed by atoms with van der Waals surface area (Å²) in [6.07, 6.45) is 5.30. The quantitative estimate of drug-likeness (QED) is 0.807. The maximum absolute atomic E-state index is 10.2. The Bertz CT molecular complexity index is 581. The molecule has 0 spiro atoms. The van der Waals surface area contributed by atoms with Crippen molar-refractivity contribution in [2.24, 2.45) is 0 Å². The molecule has 0 aliphatic heterocycles. The van der Waals surface area contributed by atoms with Crippen molar-refractivity contribution in [1.29, 1.82) is 0 Å². The van der Waals surface area contributed by atoms with Gasteiger partial charge in [-0.3, -0.25) is 0 Å². The molecular weight excluding hydrogens is 250 g/mol. The van der Waals surface area contributed by atoms with E-state index in [0.717, 1.165) is 42.4 Å². The standard InChI is InChI=1S/C13H16ClN3O/c1-8-6-9-12(14)15-7-16-13(9)17(8)10-4-2-3-5-11(10)18/h6-7,10-11,18H,2-5H2,1H3/t10-,11-/m1/s1. The van der Waals surface area contributed by atoms with Gasteiger partial charge in [-0.25, -0.2) is 9.97 Å². The van der Waals surface area contributed by atoms with Crippen molar-refractivity contribution in [1.82, 2.24) is 14.5 Å². The molecule has 2 atom stereocenters. The van der Waals surface area contributed by atoms with Crippen LogP contribution in [0.3, 0.4) is 0 Å². The molecule has 0 saturated heterocycles. The van der Waals surface area contributed by atoms with E-state index >= 15 is 0 Å². The Balaban J connectivity index is 2.16. The number of fused-ring (bicyclic) bond motifs is 1. The second kappa shape index (κ2) is 4.52. The Labute approximate surface area is 111 Å². The first-order chi connectivity index (χ1) is 8.68. The molecule has 1 aliphatic carbocycles. The van der Waals surface area contributed by atoms with E-state index in [-0.39, 0.29) is 12.1 Å². The SMILES string of the molecule is Cc1cc2c(Cl)ncnc2n1[C@@H]1CCCC[C@H]1O. The number of aromatic nitrogens is 3. The largest absolute Gasteiger partial charge is 0.391 e. The summed E-state index contributed by atoms with van der Waals surface area (Å²) in [7, 11) is 0. The number of aliphatic hydroxyl groups is 1. The minimum Gasteiger partial charge on any atom is -0.391 e. The lowest BCUT2D eigenvalue weighted by atomic mass is 9.92. The Morgan fingerprint density at radius 1 is 1.33 bits per heavy atom. The van der Waals surface area contributed by atoms with Crippen molar-refractivity contribution in [2.75, 3.05) is 0 Å². The minimum absolute atomic E-state index is 0.113. The van der Waals surface area contributed by atoms with Crippen molar-refractivity contribution in [3.63, 3.8) is 0 Å². The lowest BCUT2D eigenvalue weighted by molar-refractivity contribution is 0.0764. The van der Waals surface area contributed by atoms with Crippen LogP contribution in [-0.2, 0) is 0 Å². The van der Waals surface area contributed by atoms with Gasteiger partial charge in [0.05, 0.1) is 17.5 Å². The first kappa shape index (κ1) is 11.9. The van der Waals surface area contributed by atoms with Gasteiger partial charge in [0.15, 0.2) is 0 Å². The Hall–Kier alpha value is -1.13. The molecular formula is C13H16ClN3O. The van der Waals surface area contributed by atoms with Crippen LogP contribution in [-0.4, -0.2) is 25.7 Å². The third-order valence-electron chi connectivity index (χ3n) is 3.80. The van der Waals surface area contributed by atoms with Gasteiger partial charge in [-0.1, -0.05) is 24.4 Å². The summed E-state index contributed by atoms with van der Waals surface area (Å²) in [5.41, 5.74) is 1.91. The molecule has 0 radical (unpaired) electrons. The molecule has 1 aliphatic rings. The lowest BCUT2D eigenvalue weighted by Crippen LogP contribution is -2.28.